The summed E-state index contributed by atoms with van der Waals surface area (Å²) in [6.07, 6.45) is 2.96. The molecule has 0 heterocycles. The van der Waals surface area contributed by atoms with Crippen molar-refractivity contribution in [1.29, 1.82) is 0 Å². The van der Waals surface area contributed by atoms with Crippen LogP contribution in [0.3, 0.4) is 0 Å². The van der Waals surface area contributed by atoms with E-state index in [1.54, 1.807) is 6.07 Å². The number of para-hydroxylation sites is 1. The Balaban J connectivity index is 2.72. The second-order valence-electron chi connectivity index (χ2n) is 5.70. The van der Waals surface area contributed by atoms with Crippen molar-refractivity contribution >= 4 is 17.3 Å². The van der Waals surface area contributed by atoms with Crippen LogP contribution in [0.5, 0.6) is 0 Å². The van der Waals surface area contributed by atoms with Crippen molar-refractivity contribution in [3.05, 3.63) is 33.9 Å². The van der Waals surface area contributed by atoms with E-state index in [9.17, 15) is 14.9 Å². The number of nitrogens with zero attached hydrogens (tertiary/aromatic N) is 1. The highest BCUT2D eigenvalue weighted by atomic mass is 16.6. The number of hydrogen-bond acceptors (Lipinski definition) is 4. The summed E-state index contributed by atoms with van der Waals surface area (Å²) in [4.78, 5) is 22.6. The van der Waals surface area contributed by atoms with Gasteiger partial charge in [0.1, 0.15) is 11.3 Å². The van der Waals surface area contributed by atoms with Gasteiger partial charge in [-0.1, -0.05) is 32.8 Å². The topological polar surface area (TPSA) is 98.3 Å². The average molecular weight is 293 g/mol. The summed E-state index contributed by atoms with van der Waals surface area (Å²) < 4.78 is 0. The molecule has 0 saturated heterocycles. The van der Waals surface area contributed by atoms with Gasteiger partial charge in [0.05, 0.1) is 4.92 Å². The quantitative estimate of drug-likeness (QED) is 0.458. The fraction of sp³-hybridized carbons (Fsp3) is 0.533. The molecule has 1 unspecified atom stereocenters. The Bertz CT molecular complexity index is 515. The van der Waals surface area contributed by atoms with Crippen LogP contribution in [0.1, 0.15) is 50.4 Å². The molecule has 3 N–H and O–H groups in total. The summed E-state index contributed by atoms with van der Waals surface area (Å²) in [6, 6.07) is 4.35. The zero-order valence-electron chi connectivity index (χ0n) is 12.8. The number of nitro benzene ring substituents is 1. The van der Waals surface area contributed by atoms with E-state index < -0.39 is 10.8 Å². The van der Waals surface area contributed by atoms with Gasteiger partial charge in [-0.15, -0.1) is 0 Å². The van der Waals surface area contributed by atoms with Gasteiger partial charge < -0.3 is 11.1 Å². The molecule has 6 heteroatoms. The summed E-state index contributed by atoms with van der Waals surface area (Å²) in [6.45, 7) is 6.20. The first-order valence-corrected chi connectivity index (χ1v) is 7.16. The highest BCUT2D eigenvalue weighted by Gasteiger charge is 2.23. The summed E-state index contributed by atoms with van der Waals surface area (Å²) in [5.74, 6) is 0.175. The van der Waals surface area contributed by atoms with Crippen molar-refractivity contribution in [2.24, 2.45) is 5.92 Å². The summed E-state index contributed by atoms with van der Waals surface area (Å²) >= 11 is 0. The van der Waals surface area contributed by atoms with E-state index in [2.05, 4.69) is 19.2 Å². The highest BCUT2D eigenvalue weighted by Crippen LogP contribution is 2.25. The van der Waals surface area contributed by atoms with Gasteiger partial charge in [-0.05, 0) is 31.4 Å². The smallest absolute Gasteiger partial charge is 0.304 e. The van der Waals surface area contributed by atoms with Gasteiger partial charge in [0.25, 0.3) is 5.91 Å². The van der Waals surface area contributed by atoms with Crippen LogP contribution >= 0.6 is 0 Å². The van der Waals surface area contributed by atoms with Crippen LogP contribution in [0.4, 0.5) is 11.4 Å². The van der Waals surface area contributed by atoms with Gasteiger partial charge >= 0.3 is 5.69 Å². The lowest BCUT2D eigenvalue weighted by molar-refractivity contribution is -0.384. The monoisotopic (exact) mass is 293 g/mol. The summed E-state index contributed by atoms with van der Waals surface area (Å²) in [5.41, 5.74) is 5.26. The van der Waals surface area contributed by atoms with Crippen LogP contribution in [0.15, 0.2) is 18.2 Å². The van der Waals surface area contributed by atoms with Crippen LogP contribution in [0, 0.1) is 16.0 Å². The number of hydrogen-bond donors (Lipinski definition) is 2. The van der Waals surface area contributed by atoms with E-state index in [4.69, 9.17) is 5.73 Å². The van der Waals surface area contributed by atoms with Crippen LogP contribution in [0.25, 0.3) is 0 Å². The Morgan fingerprint density at radius 1 is 1.33 bits per heavy atom. The molecule has 1 rings (SSSR count). The van der Waals surface area contributed by atoms with Crippen molar-refractivity contribution in [3.63, 3.8) is 0 Å². The fourth-order valence-electron chi connectivity index (χ4n) is 2.15. The number of nitro groups is 1. The van der Waals surface area contributed by atoms with Crippen molar-refractivity contribution < 1.29 is 9.72 Å². The van der Waals surface area contributed by atoms with Crippen LogP contribution in [-0.2, 0) is 0 Å². The Labute approximate surface area is 124 Å². The Hall–Kier alpha value is -2.11. The number of nitrogens with two attached hydrogens (primary N) is 1. The first-order chi connectivity index (χ1) is 9.82. The number of rotatable bonds is 7. The molecular formula is C15H23N3O3. The molecular weight excluding hydrogens is 270 g/mol. The van der Waals surface area contributed by atoms with E-state index in [1.807, 2.05) is 6.92 Å². The molecule has 1 atom stereocenters. The van der Waals surface area contributed by atoms with Gasteiger partial charge in [0.15, 0.2) is 0 Å². The summed E-state index contributed by atoms with van der Waals surface area (Å²) in [5, 5.41) is 13.8. The van der Waals surface area contributed by atoms with Crippen LogP contribution in [-0.4, -0.2) is 16.9 Å². The third kappa shape index (κ3) is 5.06. The van der Waals surface area contributed by atoms with Crippen LogP contribution in [0.2, 0.25) is 0 Å². The Morgan fingerprint density at radius 3 is 2.57 bits per heavy atom. The molecule has 1 aromatic rings. The SMILES string of the molecule is CC(C)CCCC(C)NC(=O)c1cccc(N)c1[N+](=O)[O-]. The van der Waals surface area contributed by atoms with E-state index >= 15 is 0 Å². The maximum atomic E-state index is 12.2. The average Bonchev–Trinajstić information content (AvgIpc) is 2.37. The molecule has 21 heavy (non-hydrogen) atoms. The van der Waals surface area contributed by atoms with Crippen molar-refractivity contribution in [1.82, 2.24) is 5.32 Å². The molecule has 116 valence electrons. The number of amides is 1. The minimum Gasteiger partial charge on any atom is -0.393 e. The van der Waals surface area contributed by atoms with Gasteiger partial charge in [0, 0.05) is 6.04 Å². The number of nitrogens with one attached hydrogen (secondary N) is 1. The molecule has 0 saturated carbocycles. The largest absolute Gasteiger partial charge is 0.393 e. The highest BCUT2D eigenvalue weighted by molar-refractivity contribution is 6.00. The molecule has 6 nitrogen and oxygen atoms in total. The first kappa shape index (κ1) is 16.9. The molecule has 1 aromatic carbocycles. The van der Waals surface area contributed by atoms with Crippen molar-refractivity contribution in [2.45, 2.75) is 46.1 Å². The predicted molar refractivity (Wildman–Crippen MR) is 83.1 cm³/mol. The minimum absolute atomic E-state index is 0.000103. The number of carbonyl (C=O) groups is 1. The fourth-order valence-corrected chi connectivity index (χ4v) is 2.15. The number of benzene rings is 1. The molecule has 0 aliphatic heterocycles. The third-order valence-corrected chi connectivity index (χ3v) is 3.29. The van der Waals surface area contributed by atoms with Gasteiger partial charge in [0.2, 0.25) is 0 Å². The molecule has 0 spiro atoms. The van der Waals surface area contributed by atoms with Gasteiger partial charge in [-0.2, -0.15) is 0 Å². The molecule has 0 aromatic heterocycles. The lowest BCUT2D eigenvalue weighted by Crippen LogP contribution is -2.33. The number of nitrogen functional groups attached to an aromatic ring is 1. The molecule has 0 bridgehead atoms. The van der Waals surface area contributed by atoms with E-state index in [-0.39, 0.29) is 23.0 Å². The Kier molecular flexibility index (Phi) is 6.14. The normalized spacial score (nSPS) is 12.2. The zero-order valence-corrected chi connectivity index (χ0v) is 12.8. The lowest BCUT2D eigenvalue weighted by atomic mass is 10.0. The molecule has 0 aliphatic carbocycles. The molecule has 0 fully saturated rings. The van der Waals surface area contributed by atoms with Crippen molar-refractivity contribution in [2.75, 3.05) is 5.73 Å². The Morgan fingerprint density at radius 2 is 2.00 bits per heavy atom. The third-order valence-electron chi connectivity index (χ3n) is 3.29. The lowest BCUT2D eigenvalue weighted by Gasteiger charge is -2.15. The number of anilines is 1. The first-order valence-electron chi connectivity index (χ1n) is 7.16. The van der Waals surface area contributed by atoms with E-state index in [0.29, 0.717) is 5.92 Å². The molecule has 1 amide bonds. The van der Waals surface area contributed by atoms with Crippen LogP contribution < -0.4 is 11.1 Å². The standard InChI is InChI=1S/C15H23N3O3/c1-10(2)6-4-7-11(3)17-15(19)12-8-5-9-13(16)14(12)18(20)21/h5,8-11H,4,6-7,16H2,1-3H3,(H,17,19). The summed E-state index contributed by atoms with van der Waals surface area (Å²) in [7, 11) is 0. The maximum Gasteiger partial charge on any atom is 0.304 e. The molecule has 0 radical (unpaired) electrons. The van der Waals surface area contributed by atoms with E-state index in [0.717, 1.165) is 19.3 Å². The van der Waals surface area contributed by atoms with Gasteiger partial charge in [-0.25, -0.2) is 0 Å². The molecule has 0 aliphatic rings. The zero-order chi connectivity index (χ0) is 16.0. The number of carbonyl (C=O) groups excluding carboxylic acids is 1. The minimum atomic E-state index is -0.617. The predicted octanol–water partition coefficient (Wildman–Crippen LogP) is 3.12. The second-order valence-corrected chi connectivity index (χ2v) is 5.70. The maximum absolute atomic E-state index is 12.2. The van der Waals surface area contributed by atoms with E-state index in [1.165, 1.54) is 12.1 Å². The van der Waals surface area contributed by atoms with Gasteiger partial charge in [-0.3, -0.25) is 14.9 Å². The van der Waals surface area contributed by atoms with Crippen molar-refractivity contribution in [3.8, 4) is 0 Å². The second kappa shape index (κ2) is 7.61.